The van der Waals surface area contributed by atoms with E-state index in [4.69, 9.17) is 0 Å². The first kappa shape index (κ1) is 15.7. The summed E-state index contributed by atoms with van der Waals surface area (Å²) in [5, 5.41) is 7.39. The first-order valence-electron chi connectivity index (χ1n) is 6.14. The summed E-state index contributed by atoms with van der Waals surface area (Å²) >= 11 is 2.84. The molecular weight excluding hydrogens is 351 g/mol. The van der Waals surface area contributed by atoms with Crippen LogP contribution in [0.3, 0.4) is 0 Å². The number of aromatic nitrogens is 3. The van der Waals surface area contributed by atoms with Gasteiger partial charge in [-0.15, -0.1) is 5.10 Å². The lowest BCUT2D eigenvalue weighted by molar-refractivity contribution is -0.138. The van der Waals surface area contributed by atoms with Crippen LogP contribution in [0.5, 0.6) is 0 Å². The van der Waals surface area contributed by atoms with E-state index in [1.165, 1.54) is 23.0 Å². The smallest absolute Gasteiger partial charge is 0.287 e. The number of ketones is 1. The number of rotatable bonds is 4. The summed E-state index contributed by atoms with van der Waals surface area (Å²) in [6, 6.07) is 3.38. The number of carbonyl (C=O) groups excluding carboxylic acids is 1. The van der Waals surface area contributed by atoms with Crippen molar-refractivity contribution in [2.45, 2.75) is 26.1 Å². The van der Waals surface area contributed by atoms with Crippen LogP contribution in [0.2, 0.25) is 0 Å². The molecule has 2 aromatic rings. The van der Waals surface area contributed by atoms with Gasteiger partial charge in [0, 0.05) is 16.6 Å². The van der Waals surface area contributed by atoms with E-state index in [1.807, 2.05) is 6.92 Å². The molecular formula is C13H11BrF3N3O. The highest BCUT2D eigenvalue weighted by Gasteiger charge is 2.33. The molecule has 1 aromatic carbocycles. The molecule has 112 valence electrons. The molecule has 21 heavy (non-hydrogen) atoms. The fraction of sp³-hybridized carbons (Fsp3) is 0.308. The monoisotopic (exact) mass is 361 g/mol. The molecule has 2 rings (SSSR count). The van der Waals surface area contributed by atoms with Crippen LogP contribution in [0.4, 0.5) is 13.2 Å². The molecule has 0 bridgehead atoms. The summed E-state index contributed by atoms with van der Waals surface area (Å²) in [5.41, 5.74) is -0.764. The zero-order valence-corrected chi connectivity index (χ0v) is 12.6. The summed E-state index contributed by atoms with van der Waals surface area (Å²) in [6.07, 6.45) is -2.54. The van der Waals surface area contributed by atoms with E-state index in [-0.39, 0.29) is 15.7 Å². The van der Waals surface area contributed by atoms with Crippen LogP contribution in [0.25, 0.3) is 0 Å². The summed E-state index contributed by atoms with van der Waals surface area (Å²) in [4.78, 5) is 12.3. The van der Waals surface area contributed by atoms with Gasteiger partial charge in [0.15, 0.2) is 0 Å². The highest BCUT2D eigenvalue weighted by Crippen LogP contribution is 2.35. The van der Waals surface area contributed by atoms with E-state index in [0.29, 0.717) is 6.54 Å². The van der Waals surface area contributed by atoms with Gasteiger partial charge in [-0.1, -0.05) is 28.1 Å². The Hall–Kier alpha value is -1.70. The van der Waals surface area contributed by atoms with Crippen molar-refractivity contribution in [2.24, 2.45) is 0 Å². The highest BCUT2D eigenvalue weighted by atomic mass is 79.9. The summed E-state index contributed by atoms with van der Waals surface area (Å²) in [5.74, 6) is -0.536. The minimum Gasteiger partial charge on any atom is -0.287 e. The molecule has 0 amide bonds. The third-order valence-corrected chi connectivity index (χ3v) is 3.51. The van der Waals surface area contributed by atoms with Crippen LogP contribution < -0.4 is 0 Å². The molecule has 0 N–H and O–H groups in total. The molecule has 0 saturated carbocycles. The van der Waals surface area contributed by atoms with Gasteiger partial charge in [-0.05, 0) is 24.6 Å². The van der Waals surface area contributed by atoms with Crippen LogP contribution in [0.1, 0.15) is 35.0 Å². The summed E-state index contributed by atoms with van der Waals surface area (Å²) in [6.45, 7) is 2.38. The van der Waals surface area contributed by atoms with Crippen molar-refractivity contribution in [3.05, 3.63) is 45.7 Å². The Labute approximate surface area is 127 Å². The summed E-state index contributed by atoms with van der Waals surface area (Å²) < 4.78 is 39.9. The highest BCUT2D eigenvalue weighted by molar-refractivity contribution is 9.10. The van der Waals surface area contributed by atoms with Crippen LogP contribution in [-0.2, 0) is 12.7 Å². The number of halogens is 4. The van der Waals surface area contributed by atoms with Gasteiger partial charge in [-0.2, -0.15) is 13.2 Å². The van der Waals surface area contributed by atoms with Crippen molar-refractivity contribution in [3.8, 4) is 0 Å². The van der Waals surface area contributed by atoms with Crippen molar-refractivity contribution < 1.29 is 18.0 Å². The molecule has 0 spiro atoms. The van der Waals surface area contributed by atoms with Gasteiger partial charge in [-0.3, -0.25) is 4.79 Å². The second-order valence-electron chi connectivity index (χ2n) is 4.36. The predicted molar refractivity (Wildman–Crippen MR) is 72.9 cm³/mol. The van der Waals surface area contributed by atoms with Crippen molar-refractivity contribution in [1.29, 1.82) is 0 Å². The van der Waals surface area contributed by atoms with Crippen LogP contribution in [0, 0.1) is 0 Å². The lowest BCUT2D eigenvalue weighted by Crippen LogP contribution is -2.13. The SMILES string of the molecule is CCCn1nncc1C(=O)c1ccc(Br)c(C(F)(F)F)c1. The molecule has 0 aliphatic heterocycles. The van der Waals surface area contributed by atoms with Crippen LogP contribution >= 0.6 is 15.9 Å². The molecule has 8 heteroatoms. The van der Waals surface area contributed by atoms with Gasteiger partial charge in [0.25, 0.3) is 0 Å². The average molecular weight is 362 g/mol. The third-order valence-electron chi connectivity index (χ3n) is 2.82. The standard InChI is InChI=1S/C13H11BrF3N3O/c1-2-5-20-11(7-18-19-20)12(21)8-3-4-10(14)9(6-8)13(15,16)17/h3-4,6-7H,2,5H2,1H3. The minimum atomic E-state index is -4.53. The maximum Gasteiger partial charge on any atom is 0.417 e. The minimum absolute atomic E-state index is 0.0508. The van der Waals surface area contributed by atoms with E-state index in [1.54, 1.807) is 0 Å². The Kier molecular flexibility index (Phi) is 4.46. The Bertz CT molecular complexity index is 667. The molecule has 0 radical (unpaired) electrons. The van der Waals surface area contributed by atoms with E-state index in [9.17, 15) is 18.0 Å². The largest absolute Gasteiger partial charge is 0.417 e. The predicted octanol–water partition coefficient (Wildman–Crippen LogP) is 3.70. The number of nitrogens with zero attached hydrogens (tertiary/aromatic N) is 3. The Morgan fingerprint density at radius 1 is 1.38 bits per heavy atom. The second kappa shape index (κ2) is 5.97. The summed E-state index contributed by atoms with van der Waals surface area (Å²) in [7, 11) is 0. The van der Waals surface area contributed by atoms with Gasteiger partial charge in [0.1, 0.15) is 5.69 Å². The Balaban J connectivity index is 2.42. The molecule has 0 unspecified atom stereocenters. The zero-order chi connectivity index (χ0) is 15.6. The van der Waals surface area contributed by atoms with E-state index in [2.05, 4.69) is 26.2 Å². The first-order chi connectivity index (χ1) is 9.84. The van der Waals surface area contributed by atoms with Crippen molar-refractivity contribution in [1.82, 2.24) is 15.0 Å². The van der Waals surface area contributed by atoms with Crippen molar-refractivity contribution in [2.75, 3.05) is 0 Å². The first-order valence-corrected chi connectivity index (χ1v) is 6.93. The fourth-order valence-electron chi connectivity index (χ4n) is 1.84. The molecule has 0 aliphatic rings. The van der Waals surface area contributed by atoms with Gasteiger partial charge >= 0.3 is 6.18 Å². The van der Waals surface area contributed by atoms with E-state index in [0.717, 1.165) is 12.5 Å². The van der Waals surface area contributed by atoms with Crippen molar-refractivity contribution in [3.63, 3.8) is 0 Å². The molecule has 0 atom stereocenters. The number of aryl methyl sites for hydroxylation is 1. The van der Waals surface area contributed by atoms with Gasteiger partial charge in [0.2, 0.25) is 5.78 Å². The van der Waals surface area contributed by atoms with Crippen LogP contribution in [-0.4, -0.2) is 20.8 Å². The molecule has 0 aliphatic carbocycles. The van der Waals surface area contributed by atoms with E-state index < -0.39 is 17.5 Å². The molecule has 1 aromatic heterocycles. The van der Waals surface area contributed by atoms with E-state index >= 15 is 0 Å². The fourth-order valence-corrected chi connectivity index (χ4v) is 2.31. The third kappa shape index (κ3) is 3.31. The quantitative estimate of drug-likeness (QED) is 0.780. The maximum absolute atomic E-state index is 12.9. The number of hydrogen-bond donors (Lipinski definition) is 0. The van der Waals surface area contributed by atoms with Gasteiger partial charge in [0.05, 0.1) is 11.8 Å². The number of benzene rings is 1. The topological polar surface area (TPSA) is 47.8 Å². The Morgan fingerprint density at radius 3 is 2.71 bits per heavy atom. The second-order valence-corrected chi connectivity index (χ2v) is 5.22. The lowest BCUT2D eigenvalue weighted by Gasteiger charge is -2.11. The molecule has 1 heterocycles. The van der Waals surface area contributed by atoms with Gasteiger partial charge < -0.3 is 0 Å². The Morgan fingerprint density at radius 2 is 2.10 bits per heavy atom. The molecule has 0 fully saturated rings. The van der Waals surface area contributed by atoms with Gasteiger partial charge in [-0.25, -0.2) is 4.68 Å². The normalized spacial score (nSPS) is 11.7. The zero-order valence-electron chi connectivity index (χ0n) is 11.0. The number of alkyl halides is 3. The van der Waals surface area contributed by atoms with Crippen molar-refractivity contribution >= 4 is 21.7 Å². The molecule has 0 saturated heterocycles. The lowest BCUT2D eigenvalue weighted by atomic mass is 10.1. The average Bonchev–Trinajstić information content (AvgIpc) is 2.86. The molecule has 4 nitrogen and oxygen atoms in total. The maximum atomic E-state index is 12.9. The number of carbonyl (C=O) groups is 1. The van der Waals surface area contributed by atoms with Crippen LogP contribution in [0.15, 0.2) is 28.9 Å². The number of hydrogen-bond acceptors (Lipinski definition) is 3.